The summed E-state index contributed by atoms with van der Waals surface area (Å²) in [5.41, 5.74) is 4.47. The Morgan fingerprint density at radius 2 is 1.80 bits per heavy atom. The predicted octanol–water partition coefficient (Wildman–Crippen LogP) is 5.47. The van der Waals surface area contributed by atoms with Gasteiger partial charge in [-0.25, -0.2) is 4.98 Å². The van der Waals surface area contributed by atoms with Crippen molar-refractivity contribution in [2.24, 2.45) is 0 Å². The van der Waals surface area contributed by atoms with E-state index >= 15 is 0 Å². The second-order valence-corrected chi connectivity index (χ2v) is 9.31. The summed E-state index contributed by atoms with van der Waals surface area (Å²) in [6, 6.07) is 25.3. The number of hydrogen-bond donors (Lipinski definition) is 1. The molecule has 2 amide bonds. The Morgan fingerprint density at radius 1 is 1.06 bits per heavy atom. The van der Waals surface area contributed by atoms with Gasteiger partial charge in [-0.2, -0.15) is 0 Å². The van der Waals surface area contributed by atoms with Crippen LogP contribution in [0.15, 0.2) is 84.2 Å². The van der Waals surface area contributed by atoms with Gasteiger partial charge in [0.15, 0.2) is 0 Å². The van der Waals surface area contributed by atoms with Crippen LogP contribution in [0, 0.1) is 0 Å². The van der Waals surface area contributed by atoms with Crippen molar-refractivity contribution < 1.29 is 14.3 Å². The zero-order valence-electron chi connectivity index (χ0n) is 19.3. The molecule has 35 heavy (non-hydrogen) atoms. The van der Waals surface area contributed by atoms with Gasteiger partial charge in [0.05, 0.1) is 6.04 Å². The molecule has 0 radical (unpaired) electrons. The van der Waals surface area contributed by atoms with Gasteiger partial charge in [0.25, 0.3) is 5.91 Å². The van der Waals surface area contributed by atoms with Crippen molar-refractivity contribution >= 4 is 28.8 Å². The van der Waals surface area contributed by atoms with Gasteiger partial charge in [0, 0.05) is 24.5 Å². The van der Waals surface area contributed by atoms with Crippen molar-refractivity contribution in [2.45, 2.75) is 26.0 Å². The lowest BCUT2D eigenvalue weighted by Gasteiger charge is -2.37. The molecule has 0 spiro atoms. The molecule has 1 atom stereocenters. The summed E-state index contributed by atoms with van der Waals surface area (Å²) in [7, 11) is 0. The Balaban J connectivity index is 1.32. The number of carbonyl (C=O) groups excluding carboxylic acids is 2. The van der Waals surface area contributed by atoms with E-state index in [1.54, 1.807) is 12.3 Å². The van der Waals surface area contributed by atoms with Crippen LogP contribution in [-0.2, 0) is 17.8 Å². The summed E-state index contributed by atoms with van der Waals surface area (Å²) in [4.78, 5) is 31.2. The molecule has 0 bridgehead atoms. The molecule has 4 aromatic rings. The maximum absolute atomic E-state index is 12.5. The molecule has 1 aliphatic rings. The Labute approximate surface area is 208 Å². The second-order valence-electron chi connectivity index (χ2n) is 8.37. The molecule has 5 rings (SSSR count). The van der Waals surface area contributed by atoms with Crippen LogP contribution in [0.3, 0.4) is 0 Å². The summed E-state index contributed by atoms with van der Waals surface area (Å²) in [5.74, 6) is 0.517. The average molecular weight is 484 g/mol. The van der Waals surface area contributed by atoms with Crippen LogP contribution in [0.4, 0.5) is 5.69 Å². The molecule has 3 aromatic carbocycles. The Kier molecular flexibility index (Phi) is 6.59. The molecular formula is C28H25N3O3S. The number of amides is 2. The first kappa shape index (κ1) is 22.8. The lowest BCUT2D eigenvalue weighted by molar-refractivity contribution is -0.130. The quantitative estimate of drug-likeness (QED) is 0.395. The fraction of sp³-hybridized carbons (Fsp3) is 0.179. The minimum absolute atomic E-state index is 0.0555. The monoisotopic (exact) mass is 483 g/mol. The highest BCUT2D eigenvalue weighted by molar-refractivity contribution is 7.09. The molecule has 1 aliphatic heterocycles. The van der Waals surface area contributed by atoms with Crippen LogP contribution in [0.25, 0.3) is 0 Å². The van der Waals surface area contributed by atoms with Crippen LogP contribution in [-0.4, -0.2) is 28.2 Å². The first-order chi connectivity index (χ1) is 17.1. The van der Waals surface area contributed by atoms with Crippen LogP contribution in [0.5, 0.6) is 5.75 Å². The highest BCUT2D eigenvalue weighted by Gasteiger charge is 2.30. The molecule has 1 aromatic heterocycles. The van der Waals surface area contributed by atoms with Gasteiger partial charge < -0.3 is 15.0 Å². The minimum atomic E-state index is -0.248. The maximum Gasteiger partial charge on any atom is 0.275 e. The third-order valence-corrected chi connectivity index (χ3v) is 6.87. The van der Waals surface area contributed by atoms with E-state index in [1.807, 2.05) is 65.6 Å². The number of rotatable bonds is 6. The molecule has 1 N–H and O–H groups in total. The van der Waals surface area contributed by atoms with Gasteiger partial charge >= 0.3 is 0 Å². The van der Waals surface area contributed by atoms with Crippen LogP contribution >= 0.6 is 11.3 Å². The lowest BCUT2D eigenvalue weighted by Crippen LogP contribution is -2.39. The molecule has 0 aliphatic carbocycles. The normalized spacial score (nSPS) is 14.8. The number of nitrogens with one attached hydrogen (secondary N) is 1. The van der Waals surface area contributed by atoms with Gasteiger partial charge in [-0.05, 0) is 47.4 Å². The van der Waals surface area contributed by atoms with Crippen molar-refractivity contribution in [2.75, 3.05) is 11.9 Å². The molecule has 176 valence electrons. The molecule has 2 heterocycles. The summed E-state index contributed by atoms with van der Waals surface area (Å²) < 4.78 is 6.06. The zero-order chi connectivity index (χ0) is 24.2. The molecule has 0 saturated heterocycles. The summed E-state index contributed by atoms with van der Waals surface area (Å²) >= 11 is 1.39. The summed E-state index contributed by atoms with van der Waals surface area (Å²) in [5, 5.41) is 5.30. The number of thiazole rings is 1. The highest BCUT2D eigenvalue weighted by Crippen LogP contribution is 2.37. The molecule has 1 unspecified atom stereocenters. The maximum atomic E-state index is 12.5. The van der Waals surface area contributed by atoms with E-state index in [-0.39, 0.29) is 24.5 Å². The fourth-order valence-electron chi connectivity index (χ4n) is 4.36. The summed E-state index contributed by atoms with van der Waals surface area (Å²) in [6.45, 7) is 2.57. The average Bonchev–Trinajstić information content (AvgIpc) is 3.37. The molecule has 0 saturated carbocycles. The smallest absolute Gasteiger partial charge is 0.275 e. The first-order valence-corrected chi connectivity index (χ1v) is 12.3. The number of anilines is 1. The van der Waals surface area contributed by atoms with E-state index < -0.39 is 0 Å². The molecule has 0 fully saturated rings. The van der Waals surface area contributed by atoms with Crippen molar-refractivity contribution in [1.29, 1.82) is 0 Å². The third kappa shape index (κ3) is 5.10. The van der Waals surface area contributed by atoms with E-state index in [4.69, 9.17) is 4.74 Å². The topological polar surface area (TPSA) is 71.5 Å². The molecule has 6 nitrogen and oxygen atoms in total. The van der Waals surface area contributed by atoms with E-state index in [9.17, 15) is 9.59 Å². The number of hydrogen-bond acceptors (Lipinski definition) is 5. The van der Waals surface area contributed by atoms with Crippen molar-refractivity contribution in [1.82, 2.24) is 9.88 Å². The van der Waals surface area contributed by atoms with E-state index in [1.165, 1.54) is 16.9 Å². The van der Waals surface area contributed by atoms with E-state index in [0.29, 0.717) is 23.0 Å². The number of ether oxygens (including phenoxy) is 1. The number of benzene rings is 3. The zero-order valence-corrected chi connectivity index (χ0v) is 20.1. The largest absolute Gasteiger partial charge is 0.486 e. The van der Waals surface area contributed by atoms with Gasteiger partial charge in [0.1, 0.15) is 23.1 Å². The van der Waals surface area contributed by atoms with Crippen LogP contribution in [0.1, 0.15) is 45.2 Å². The van der Waals surface area contributed by atoms with E-state index in [2.05, 4.69) is 28.5 Å². The highest BCUT2D eigenvalue weighted by atomic mass is 32.1. The van der Waals surface area contributed by atoms with Gasteiger partial charge in [-0.15, -0.1) is 11.3 Å². The number of para-hydroxylation sites is 1. The Bertz CT molecular complexity index is 1340. The predicted molar refractivity (Wildman–Crippen MR) is 137 cm³/mol. The van der Waals surface area contributed by atoms with Crippen LogP contribution in [0.2, 0.25) is 0 Å². The fourth-order valence-corrected chi connectivity index (χ4v) is 5.05. The standard InChI is InChI=1S/C28H25N3O3S/c1-19(32)31-15-14-20-12-13-23(16-24(20)27(31)21-8-4-2-5-9-21)34-17-26-30-25(18-35-26)28(33)29-22-10-6-3-7-11-22/h2-13,16,18,27H,14-15,17H2,1H3,(H,29,33). The number of fused-ring (bicyclic) bond motifs is 1. The van der Waals surface area contributed by atoms with Gasteiger partial charge in [-0.1, -0.05) is 54.6 Å². The molecular weight excluding hydrogens is 458 g/mol. The SMILES string of the molecule is CC(=O)N1CCc2ccc(OCc3nc(C(=O)Nc4ccccc4)cs3)cc2C1c1ccccc1. The molecule has 7 heteroatoms. The van der Waals surface area contributed by atoms with Gasteiger partial charge in [-0.3, -0.25) is 9.59 Å². The number of carbonyl (C=O) groups is 2. The number of nitrogens with zero attached hydrogens (tertiary/aromatic N) is 2. The van der Waals surface area contributed by atoms with Crippen molar-refractivity contribution in [3.05, 3.63) is 112 Å². The van der Waals surface area contributed by atoms with E-state index in [0.717, 1.165) is 23.2 Å². The second kappa shape index (κ2) is 10.1. The minimum Gasteiger partial charge on any atom is -0.486 e. The lowest BCUT2D eigenvalue weighted by atomic mass is 9.88. The summed E-state index contributed by atoms with van der Waals surface area (Å²) in [6.07, 6.45) is 0.810. The van der Waals surface area contributed by atoms with Crippen molar-refractivity contribution in [3.63, 3.8) is 0 Å². The van der Waals surface area contributed by atoms with Crippen LogP contribution < -0.4 is 10.1 Å². The first-order valence-electron chi connectivity index (χ1n) is 11.5. The Hall–Kier alpha value is -3.97. The van der Waals surface area contributed by atoms with Gasteiger partial charge in [0.2, 0.25) is 5.91 Å². The number of aromatic nitrogens is 1. The van der Waals surface area contributed by atoms with Crippen molar-refractivity contribution in [3.8, 4) is 5.75 Å². The Morgan fingerprint density at radius 3 is 2.54 bits per heavy atom. The third-order valence-electron chi connectivity index (χ3n) is 6.04.